The molecule has 3 heterocycles. The molecule has 3 rings (SSSR count). The summed E-state index contributed by atoms with van der Waals surface area (Å²) in [6.45, 7) is 1.77. The molecule has 0 saturated carbocycles. The summed E-state index contributed by atoms with van der Waals surface area (Å²) in [7, 11) is 4.13. The molecule has 6 heteroatoms. The summed E-state index contributed by atoms with van der Waals surface area (Å²) < 4.78 is 6.94. The lowest BCUT2D eigenvalue weighted by atomic mass is 9.87. The first-order chi connectivity index (χ1) is 11.1. The maximum absolute atomic E-state index is 12.1. The highest BCUT2D eigenvalue weighted by Gasteiger charge is 2.32. The molecule has 1 N–H and O–H groups in total. The molecule has 0 aliphatic carbocycles. The van der Waals surface area contributed by atoms with Gasteiger partial charge < -0.3 is 9.73 Å². The van der Waals surface area contributed by atoms with E-state index in [1.807, 2.05) is 24.0 Å². The van der Waals surface area contributed by atoms with E-state index in [0.29, 0.717) is 24.9 Å². The van der Waals surface area contributed by atoms with Gasteiger partial charge in [-0.3, -0.25) is 14.4 Å². The van der Waals surface area contributed by atoms with Crippen LogP contribution in [0.25, 0.3) is 0 Å². The first kappa shape index (κ1) is 15.8. The average molecular weight is 316 g/mol. The lowest BCUT2D eigenvalue weighted by Gasteiger charge is -2.39. The molecule has 0 unspecified atom stereocenters. The normalized spacial score (nSPS) is 22.2. The van der Waals surface area contributed by atoms with Gasteiger partial charge in [-0.1, -0.05) is 0 Å². The van der Waals surface area contributed by atoms with E-state index in [0.717, 1.165) is 24.9 Å². The first-order valence-electron chi connectivity index (χ1n) is 8.11. The minimum Gasteiger partial charge on any atom is -0.472 e. The molecule has 1 aliphatic heterocycles. The Balaban J connectivity index is 1.62. The van der Waals surface area contributed by atoms with Gasteiger partial charge in [-0.2, -0.15) is 5.10 Å². The first-order valence-corrected chi connectivity index (χ1v) is 8.11. The minimum absolute atomic E-state index is 0.0448. The van der Waals surface area contributed by atoms with Gasteiger partial charge in [0.2, 0.25) is 5.91 Å². The second-order valence-electron chi connectivity index (χ2n) is 6.32. The highest BCUT2D eigenvalue weighted by atomic mass is 16.3. The number of amides is 1. The van der Waals surface area contributed by atoms with Gasteiger partial charge >= 0.3 is 0 Å². The van der Waals surface area contributed by atoms with Gasteiger partial charge in [-0.15, -0.1) is 0 Å². The van der Waals surface area contributed by atoms with Crippen molar-refractivity contribution in [2.45, 2.75) is 25.3 Å². The van der Waals surface area contributed by atoms with E-state index >= 15 is 0 Å². The van der Waals surface area contributed by atoms with Crippen molar-refractivity contribution < 1.29 is 9.21 Å². The molecule has 23 heavy (non-hydrogen) atoms. The van der Waals surface area contributed by atoms with Crippen molar-refractivity contribution in [2.24, 2.45) is 13.0 Å². The summed E-state index contributed by atoms with van der Waals surface area (Å²) in [5.41, 5.74) is 2.12. The molecule has 1 saturated heterocycles. The smallest absolute Gasteiger partial charge is 0.224 e. The summed E-state index contributed by atoms with van der Waals surface area (Å²) >= 11 is 0. The summed E-state index contributed by atoms with van der Waals surface area (Å²) in [6.07, 6.45) is 7.70. The van der Waals surface area contributed by atoms with E-state index in [9.17, 15) is 4.79 Å². The number of likely N-dealkylation sites (tertiary alicyclic amines) is 1. The molecule has 0 aromatic carbocycles. The number of nitrogens with one attached hydrogen (secondary N) is 1. The summed E-state index contributed by atoms with van der Waals surface area (Å²) in [4.78, 5) is 14.5. The van der Waals surface area contributed by atoms with Crippen molar-refractivity contribution in [3.63, 3.8) is 0 Å². The van der Waals surface area contributed by atoms with Gasteiger partial charge in [0.05, 0.1) is 30.7 Å². The summed E-state index contributed by atoms with van der Waals surface area (Å²) in [5, 5.41) is 7.38. The average Bonchev–Trinajstić information content (AvgIpc) is 3.17. The van der Waals surface area contributed by atoms with E-state index in [2.05, 4.69) is 28.4 Å². The van der Waals surface area contributed by atoms with Crippen LogP contribution in [0.4, 0.5) is 0 Å². The van der Waals surface area contributed by atoms with Crippen LogP contribution >= 0.6 is 0 Å². The number of rotatable bonds is 5. The van der Waals surface area contributed by atoms with E-state index in [1.165, 1.54) is 5.69 Å². The van der Waals surface area contributed by atoms with Crippen LogP contribution in [-0.2, 0) is 18.3 Å². The van der Waals surface area contributed by atoms with Gasteiger partial charge in [0.25, 0.3) is 0 Å². The Kier molecular flexibility index (Phi) is 4.81. The van der Waals surface area contributed by atoms with Crippen LogP contribution in [0.5, 0.6) is 0 Å². The molecule has 124 valence electrons. The number of carbonyl (C=O) groups excluding carboxylic acids is 1. The SMILES string of the molecule is CN1CCC[C@@H](CNC(=O)Cc2ccoc2)[C@@H]1c1ccnn1C. The lowest BCUT2D eigenvalue weighted by molar-refractivity contribution is -0.120. The van der Waals surface area contributed by atoms with Crippen LogP contribution in [-0.4, -0.2) is 40.7 Å². The molecule has 2 aromatic heterocycles. The van der Waals surface area contributed by atoms with Gasteiger partial charge in [0, 0.05) is 19.8 Å². The topological polar surface area (TPSA) is 63.3 Å². The zero-order valence-electron chi connectivity index (χ0n) is 13.7. The predicted octanol–water partition coefficient (Wildman–Crippen LogP) is 1.75. The van der Waals surface area contributed by atoms with E-state index in [4.69, 9.17) is 4.42 Å². The van der Waals surface area contributed by atoms with Crippen molar-refractivity contribution in [3.05, 3.63) is 42.1 Å². The van der Waals surface area contributed by atoms with Crippen molar-refractivity contribution in [1.29, 1.82) is 0 Å². The summed E-state index contributed by atoms with van der Waals surface area (Å²) in [5.74, 6) is 0.445. The third-order valence-corrected chi connectivity index (χ3v) is 4.68. The van der Waals surface area contributed by atoms with Gasteiger partial charge in [-0.25, -0.2) is 0 Å². The number of aryl methyl sites for hydroxylation is 1. The van der Waals surface area contributed by atoms with E-state index in [1.54, 1.807) is 12.5 Å². The monoisotopic (exact) mass is 316 g/mol. The van der Waals surface area contributed by atoms with Gasteiger partial charge in [0.1, 0.15) is 0 Å². The highest BCUT2D eigenvalue weighted by Crippen LogP contribution is 2.34. The van der Waals surface area contributed by atoms with Crippen LogP contribution in [0.15, 0.2) is 35.3 Å². The minimum atomic E-state index is 0.0448. The molecular weight excluding hydrogens is 292 g/mol. The number of aromatic nitrogens is 2. The molecule has 0 spiro atoms. The Bertz CT molecular complexity index is 635. The summed E-state index contributed by atoms with van der Waals surface area (Å²) in [6, 6.07) is 4.20. The van der Waals surface area contributed by atoms with Crippen LogP contribution in [0.1, 0.15) is 30.1 Å². The highest BCUT2D eigenvalue weighted by molar-refractivity contribution is 5.78. The quantitative estimate of drug-likeness (QED) is 0.913. The third-order valence-electron chi connectivity index (χ3n) is 4.68. The zero-order valence-corrected chi connectivity index (χ0v) is 13.7. The molecule has 6 nitrogen and oxygen atoms in total. The number of piperidine rings is 1. The number of carbonyl (C=O) groups is 1. The molecule has 1 aliphatic rings. The Morgan fingerprint density at radius 2 is 2.30 bits per heavy atom. The molecule has 0 radical (unpaired) electrons. The van der Waals surface area contributed by atoms with Crippen LogP contribution in [0.2, 0.25) is 0 Å². The van der Waals surface area contributed by atoms with E-state index < -0.39 is 0 Å². The Morgan fingerprint density at radius 3 is 3.00 bits per heavy atom. The maximum atomic E-state index is 12.1. The number of nitrogens with zero attached hydrogens (tertiary/aromatic N) is 3. The standard InChI is InChI=1S/C17H24N4O2/c1-20-8-3-4-14(17(20)15-5-7-19-21(15)2)11-18-16(22)10-13-6-9-23-12-13/h5-7,9,12,14,17H,3-4,8,10-11H2,1-2H3,(H,18,22)/t14-,17+/m0/s1. The predicted molar refractivity (Wildman–Crippen MR) is 86.7 cm³/mol. The van der Waals surface area contributed by atoms with Crippen LogP contribution in [0.3, 0.4) is 0 Å². The molecule has 0 bridgehead atoms. The molecule has 1 amide bonds. The number of hydrogen-bond donors (Lipinski definition) is 1. The molecule has 1 fully saturated rings. The Labute approximate surface area is 136 Å². The Hall–Kier alpha value is -2.08. The van der Waals surface area contributed by atoms with Crippen LogP contribution < -0.4 is 5.32 Å². The fourth-order valence-electron chi connectivity index (χ4n) is 3.50. The fraction of sp³-hybridized carbons (Fsp3) is 0.529. The molecule has 2 aromatic rings. The van der Waals surface area contributed by atoms with Crippen molar-refractivity contribution >= 4 is 5.91 Å². The van der Waals surface area contributed by atoms with Gasteiger partial charge in [0.15, 0.2) is 0 Å². The third kappa shape index (κ3) is 3.64. The van der Waals surface area contributed by atoms with Crippen molar-refractivity contribution in [3.8, 4) is 0 Å². The second kappa shape index (κ2) is 7.00. The second-order valence-corrected chi connectivity index (χ2v) is 6.32. The van der Waals surface area contributed by atoms with Crippen molar-refractivity contribution in [2.75, 3.05) is 20.1 Å². The number of furan rings is 1. The van der Waals surface area contributed by atoms with Gasteiger partial charge in [-0.05, 0) is 50.0 Å². The maximum Gasteiger partial charge on any atom is 0.224 e. The fourth-order valence-corrected chi connectivity index (χ4v) is 3.50. The largest absolute Gasteiger partial charge is 0.472 e. The molecular formula is C17H24N4O2. The molecule has 2 atom stereocenters. The lowest BCUT2D eigenvalue weighted by Crippen LogP contribution is -2.42. The number of hydrogen-bond acceptors (Lipinski definition) is 4. The van der Waals surface area contributed by atoms with Crippen molar-refractivity contribution in [1.82, 2.24) is 20.0 Å². The van der Waals surface area contributed by atoms with E-state index in [-0.39, 0.29) is 5.91 Å². The van der Waals surface area contributed by atoms with Crippen LogP contribution in [0, 0.1) is 5.92 Å². The zero-order chi connectivity index (χ0) is 16.2. The Morgan fingerprint density at radius 1 is 1.43 bits per heavy atom.